The van der Waals surface area contributed by atoms with Crippen LogP contribution in [0.5, 0.6) is 0 Å². The topological polar surface area (TPSA) is 23.8 Å². The molecule has 0 heterocycles. The van der Waals surface area contributed by atoms with Crippen molar-refractivity contribution in [3.8, 4) is 6.07 Å². The summed E-state index contributed by atoms with van der Waals surface area (Å²) in [6.07, 6.45) is 0. The molecule has 0 saturated carbocycles. The Balaban J connectivity index is 3.26. The molecule has 0 aliphatic rings. The van der Waals surface area contributed by atoms with Crippen molar-refractivity contribution >= 4 is 22.1 Å². The van der Waals surface area contributed by atoms with Gasteiger partial charge in [-0.25, -0.2) is 0 Å². The first-order chi connectivity index (χ1) is 6.37. The first-order valence-corrected chi connectivity index (χ1v) is 19.0. The molecule has 0 aliphatic heterocycles. The second-order valence-corrected chi connectivity index (χ2v) is 32.7. The monoisotopic (exact) mass is 385 g/mol. The summed E-state index contributed by atoms with van der Waals surface area (Å²) in [5.41, 5.74) is 0. The van der Waals surface area contributed by atoms with Gasteiger partial charge in [0.2, 0.25) is 0 Å². The second kappa shape index (κ2) is 3.63. The summed E-state index contributed by atoms with van der Waals surface area (Å²) in [6, 6.07) is 13.0. The molecule has 0 fully saturated rings. The number of hydrogen-bond acceptors (Lipinski definition) is 1. The van der Waals surface area contributed by atoms with Crippen LogP contribution in [0.15, 0.2) is 30.3 Å². The molecule has 0 bridgehead atoms. The fourth-order valence-electron chi connectivity index (χ4n) is 1.39. The molecule has 14 heavy (non-hydrogen) atoms. The Hall–Kier alpha value is -0.407. The van der Waals surface area contributed by atoms with Gasteiger partial charge in [-0.2, -0.15) is 0 Å². The van der Waals surface area contributed by atoms with Gasteiger partial charge in [0.05, 0.1) is 0 Å². The first-order valence-electron chi connectivity index (χ1n) is 4.82. The maximum atomic E-state index is 9.10. The number of nitriles is 1. The Kier molecular flexibility index (Phi) is 3.02. The standard InChI is InChI=1S/C6H5.C3H4N.3CH3.Bi/c1-2-4-6-5-3-1;1-2-3-4;;;;/h1-5H;2H,1H3;3*1H3;. The quantitative estimate of drug-likeness (QED) is 0.718. The van der Waals surface area contributed by atoms with Crippen molar-refractivity contribution in [2.45, 2.75) is 24.4 Å². The van der Waals surface area contributed by atoms with Crippen molar-refractivity contribution < 1.29 is 0 Å². The minimum atomic E-state index is -2.99. The molecule has 0 aliphatic carbocycles. The molecular weight excluding hydrogens is 367 g/mol. The van der Waals surface area contributed by atoms with Crippen molar-refractivity contribution in [1.82, 2.24) is 0 Å². The van der Waals surface area contributed by atoms with E-state index in [0.29, 0.717) is 0 Å². The van der Waals surface area contributed by atoms with Crippen LogP contribution in [0, 0.1) is 11.3 Å². The van der Waals surface area contributed by atoms with Gasteiger partial charge in [-0.05, 0) is 0 Å². The molecule has 1 aromatic carbocycles. The van der Waals surface area contributed by atoms with Gasteiger partial charge < -0.3 is 0 Å². The molecule has 0 saturated heterocycles. The fraction of sp³-hybridized carbons (Fsp3) is 0.417. The zero-order valence-electron chi connectivity index (χ0n) is 9.36. The summed E-state index contributed by atoms with van der Waals surface area (Å²) in [4.78, 5) is 0. The van der Waals surface area contributed by atoms with Crippen molar-refractivity contribution in [1.29, 1.82) is 5.26 Å². The molecule has 0 spiro atoms. The second-order valence-electron chi connectivity index (χ2n) is 5.06. The van der Waals surface area contributed by atoms with Crippen LogP contribution in [0.3, 0.4) is 0 Å². The number of benzene rings is 1. The summed E-state index contributed by atoms with van der Waals surface area (Å²) in [6.45, 7) is 2.07. The van der Waals surface area contributed by atoms with Crippen LogP contribution in [0.2, 0.25) is 17.5 Å². The van der Waals surface area contributed by atoms with Crippen LogP contribution in [0.25, 0.3) is 0 Å². The van der Waals surface area contributed by atoms with Gasteiger partial charge in [-0.15, -0.1) is 0 Å². The molecule has 1 rings (SSSR count). The summed E-state index contributed by atoms with van der Waals surface area (Å²) in [5, 5.41) is 9.10. The van der Waals surface area contributed by atoms with Gasteiger partial charge in [0.25, 0.3) is 0 Å². The third-order valence-electron chi connectivity index (χ3n) is 3.22. The van der Waals surface area contributed by atoms with E-state index in [9.17, 15) is 0 Å². The first kappa shape index (κ1) is 11.7. The molecule has 76 valence electrons. The zero-order chi connectivity index (χ0) is 10.8. The van der Waals surface area contributed by atoms with E-state index in [2.05, 4.69) is 51.2 Å². The van der Waals surface area contributed by atoms with E-state index in [1.165, 1.54) is 3.27 Å². The maximum absolute atomic E-state index is 9.10. The van der Waals surface area contributed by atoms with Crippen molar-refractivity contribution in [3.63, 3.8) is 0 Å². The normalized spacial score (nSPS) is 16.4. The van der Waals surface area contributed by atoms with E-state index < -0.39 is 18.8 Å². The van der Waals surface area contributed by atoms with Gasteiger partial charge in [-0.3, -0.25) is 0 Å². The molecule has 2 heteroatoms. The Labute approximate surface area is 87.9 Å². The Morgan fingerprint density at radius 3 is 2.07 bits per heavy atom. The Morgan fingerprint density at radius 1 is 1.14 bits per heavy atom. The average molecular weight is 385 g/mol. The molecule has 1 atom stereocenters. The predicted molar refractivity (Wildman–Crippen MR) is 64.5 cm³/mol. The third-order valence-corrected chi connectivity index (χ3v) is 22.6. The van der Waals surface area contributed by atoms with Gasteiger partial charge >= 0.3 is 88.2 Å². The van der Waals surface area contributed by atoms with Crippen LogP contribution < -0.4 is 3.27 Å². The van der Waals surface area contributed by atoms with Crippen LogP contribution >= 0.6 is 0 Å². The summed E-state index contributed by atoms with van der Waals surface area (Å²) in [5.74, 6) is 0. The summed E-state index contributed by atoms with van der Waals surface area (Å²) < 4.78 is 8.65. The predicted octanol–water partition coefficient (Wildman–Crippen LogP) is 3.10. The van der Waals surface area contributed by atoms with Gasteiger partial charge in [0.1, 0.15) is 0 Å². The zero-order valence-corrected chi connectivity index (χ0v) is 12.8. The van der Waals surface area contributed by atoms with Crippen LogP contribution in [-0.2, 0) is 0 Å². The number of rotatable bonds is 2. The van der Waals surface area contributed by atoms with Crippen LogP contribution in [0.4, 0.5) is 0 Å². The van der Waals surface area contributed by atoms with Crippen molar-refractivity contribution in [3.05, 3.63) is 30.3 Å². The van der Waals surface area contributed by atoms with Gasteiger partial charge in [-0.1, -0.05) is 0 Å². The molecule has 1 aromatic rings. The Morgan fingerprint density at radius 2 is 1.64 bits per heavy atom. The van der Waals surface area contributed by atoms with E-state index in [1.807, 2.05) is 6.07 Å². The van der Waals surface area contributed by atoms with E-state index in [1.54, 1.807) is 0 Å². The van der Waals surface area contributed by atoms with Gasteiger partial charge in [0, 0.05) is 0 Å². The number of nitrogens with zero attached hydrogens (tertiary/aromatic N) is 1. The van der Waals surface area contributed by atoms with E-state index >= 15 is 0 Å². The summed E-state index contributed by atoms with van der Waals surface area (Å²) in [7, 11) is 0. The van der Waals surface area contributed by atoms with E-state index in [0.717, 1.165) is 0 Å². The minimum absolute atomic E-state index is 0.198. The van der Waals surface area contributed by atoms with Crippen LogP contribution in [0.1, 0.15) is 6.92 Å². The molecule has 1 nitrogen and oxygen atoms in total. The summed E-state index contributed by atoms with van der Waals surface area (Å²) >= 11 is -2.99. The van der Waals surface area contributed by atoms with Gasteiger partial charge in [0.15, 0.2) is 0 Å². The third kappa shape index (κ3) is 1.99. The fourth-order valence-corrected chi connectivity index (χ4v) is 9.51. The van der Waals surface area contributed by atoms with E-state index in [4.69, 9.17) is 5.26 Å². The molecule has 0 radical (unpaired) electrons. The molecule has 0 N–H and O–H groups in total. The Bertz CT molecular complexity index is 353. The van der Waals surface area contributed by atoms with Crippen molar-refractivity contribution in [2.24, 2.45) is 0 Å². The molecule has 0 amide bonds. The molecular formula is C12H18BiN. The molecule has 0 aromatic heterocycles. The number of hydrogen-bond donors (Lipinski definition) is 0. The molecule has 1 unspecified atom stereocenters. The van der Waals surface area contributed by atoms with E-state index in [-0.39, 0.29) is 3.63 Å². The SMILES string of the molecule is C[CH](C#N)[Bi]([CH3])([CH3])([CH3])[c]1ccccc1. The average Bonchev–Trinajstić information content (AvgIpc) is 2.17. The van der Waals surface area contributed by atoms with Crippen molar-refractivity contribution in [2.75, 3.05) is 0 Å². The van der Waals surface area contributed by atoms with Crippen LogP contribution in [-0.4, -0.2) is 18.8 Å².